The topological polar surface area (TPSA) is 391 Å². The van der Waals surface area contributed by atoms with Crippen molar-refractivity contribution in [3.05, 3.63) is 0 Å². The van der Waals surface area contributed by atoms with Crippen molar-refractivity contribution in [1.82, 2.24) is 21.3 Å². The molecule has 0 bridgehead atoms. The highest BCUT2D eigenvalue weighted by Gasteiger charge is 2.55. The molecule has 0 radical (unpaired) electrons. The van der Waals surface area contributed by atoms with E-state index in [1.807, 2.05) is 0 Å². The third-order valence-electron chi connectivity index (χ3n) is 9.36. The molecular formula is C32H54N4O21. The summed E-state index contributed by atoms with van der Waals surface area (Å²) in [6.07, 6.45) is -26.7. The van der Waals surface area contributed by atoms with Crippen LogP contribution in [0.15, 0.2) is 0 Å². The average Bonchev–Trinajstić information content (AvgIpc) is 3.15. The van der Waals surface area contributed by atoms with E-state index in [2.05, 4.69) is 21.3 Å². The Kier molecular flexibility index (Phi) is 18.4. The molecule has 0 saturated carbocycles. The average molecular weight is 831 g/mol. The molecular weight excluding hydrogens is 776 g/mol. The van der Waals surface area contributed by atoms with E-state index in [-0.39, 0.29) is 6.29 Å². The van der Waals surface area contributed by atoms with Gasteiger partial charge in [0.1, 0.15) is 104 Å². The molecule has 0 aromatic carbocycles. The SMILES string of the molecule is CC(=O)N[C@H]1[C@H](OC([C@H](O)CO)[C@H](O)[C@H](C=O)NC(C)=O)O[C@H](CO)[C@@H](O[C@@H]2O[C@H](CO)[C@@H](O[C@@H]3O[C@H](CO)[C@@H](O)[C@H](O)[C@H]3NC(C)=O)[C@H](O)[C@H]2NC(C)=O)[C@@H]1O. The maximum atomic E-state index is 12.4. The Bertz CT molecular complexity index is 1350. The van der Waals surface area contributed by atoms with Crippen molar-refractivity contribution in [1.29, 1.82) is 0 Å². The standard InChI is InChI=1S/C32H54N4O21/c1-10(42)33-14(5-37)22(47)27(15(46)6-38)55-31-20(35-12(3)44)25(50)29(17(8-40)53-31)57-32-21(36-13(4)45)26(51)28(18(9-41)54-32)56-30-19(34-11(2)43)24(49)23(48)16(7-39)52-30/h5,14-32,38-41,46-51H,6-9H2,1-4H3,(H,33,42)(H,34,43)(H,35,44)(H,36,45)/t14-,15+,16+,17+,18+,19+,20+,21+,22+,23+,24+,25+,26+,27?,28+,29+,30-,31-,32-/m0/s1. The highest BCUT2D eigenvalue weighted by molar-refractivity contribution is 5.77. The second-order valence-corrected chi connectivity index (χ2v) is 13.7. The van der Waals surface area contributed by atoms with Crippen LogP contribution in [0.25, 0.3) is 0 Å². The molecule has 3 heterocycles. The first-order valence-corrected chi connectivity index (χ1v) is 17.8. The highest BCUT2D eigenvalue weighted by Crippen LogP contribution is 2.33. The molecule has 0 aliphatic carbocycles. The van der Waals surface area contributed by atoms with E-state index < -0.39 is 166 Å². The van der Waals surface area contributed by atoms with E-state index >= 15 is 0 Å². The smallest absolute Gasteiger partial charge is 0.217 e. The molecule has 4 amide bonds. The summed E-state index contributed by atoms with van der Waals surface area (Å²) in [5.74, 6) is -3.03. The van der Waals surface area contributed by atoms with E-state index in [0.717, 1.165) is 27.7 Å². The first-order valence-electron chi connectivity index (χ1n) is 17.8. The van der Waals surface area contributed by atoms with Crippen LogP contribution in [0.2, 0.25) is 0 Å². The van der Waals surface area contributed by atoms with E-state index in [4.69, 9.17) is 28.4 Å². The van der Waals surface area contributed by atoms with Gasteiger partial charge in [-0.2, -0.15) is 0 Å². The van der Waals surface area contributed by atoms with Gasteiger partial charge >= 0.3 is 0 Å². The summed E-state index contributed by atoms with van der Waals surface area (Å²) >= 11 is 0. The number of aliphatic hydroxyl groups excluding tert-OH is 10. The zero-order chi connectivity index (χ0) is 42.9. The molecule has 328 valence electrons. The molecule has 25 heteroatoms. The number of aliphatic hydroxyl groups is 10. The van der Waals surface area contributed by atoms with Gasteiger partial charge in [0.2, 0.25) is 23.6 Å². The fourth-order valence-corrected chi connectivity index (χ4v) is 6.67. The molecule has 3 rings (SSSR count). The predicted molar refractivity (Wildman–Crippen MR) is 181 cm³/mol. The molecule has 3 fully saturated rings. The molecule has 25 nitrogen and oxygen atoms in total. The van der Waals surface area contributed by atoms with Crippen LogP contribution in [0, 0.1) is 0 Å². The van der Waals surface area contributed by atoms with Crippen molar-refractivity contribution in [3.8, 4) is 0 Å². The van der Waals surface area contributed by atoms with Crippen molar-refractivity contribution in [2.45, 2.75) is 144 Å². The fourth-order valence-electron chi connectivity index (χ4n) is 6.67. The lowest BCUT2D eigenvalue weighted by atomic mass is 9.93. The predicted octanol–water partition coefficient (Wildman–Crippen LogP) is -9.33. The van der Waals surface area contributed by atoms with Gasteiger partial charge in [0, 0.05) is 27.7 Å². The summed E-state index contributed by atoms with van der Waals surface area (Å²) in [5, 5.41) is 115. The molecule has 3 aliphatic heterocycles. The van der Waals surface area contributed by atoms with Gasteiger partial charge < -0.3 is 106 Å². The molecule has 57 heavy (non-hydrogen) atoms. The van der Waals surface area contributed by atoms with Gasteiger partial charge in [-0.3, -0.25) is 19.2 Å². The zero-order valence-corrected chi connectivity index (χ0v) is 31.3. The quantitative estimate of drug-likeness (QED) is 0.0570. The number of carbonyl (C=O) groups is 5. The molecule has 0 aromatic heterocycles. The lowest BCUT2D eigenvalue weighted by Gasteiger charge is -2.50. The van der Waals surface area contributed by atoms with Gasteiger partial charge in [-0.25, -0.2) is 0 Å². The Morgan fingerprint density at radius 3 is 1.40 bits per heavy atom. The summed E-state index contributed by atoms with van der Waals surface area (Å²) in [5.41, 5.74) is 0. The largest absolute Gasteiger partial charge is 0.394 e. The van der Waals surface area contributed by atoms with Gasteiger partial charge in [0.15, 0.2) is 18.9 Å². The van der Waals surface area contributed by atoms with Crippen LogP contribution < -0.4 is 21.3 Å². The maximum absolute atomic E-state index is 12.4. The zero-order valence-electron chi connectivity index (χ0n) is 31.3. The van der Waals surface area contributed by atoms with Crippen LogP contribution in [-0.2, 0) is 52.4 Å². The molecule has 1 unspecified atom stereocenters. The van der Waals surface area contributed by atoms with Crippen LogP contribution >= 0.6 is 0 Å². The summed E-state index contributed by atoms with van der Waals surface area (Å²) < 4.78 is 34.8. The van der Waals surface area contributed by atoms with Crippen molar-refractivity contribution in [3.63, 3.8) is 0 Å². The number of nitrogens with one attached hydrogen (secondary N) is 4. The minimum atomic E-state index is -2.05. The molecule has 3 saturated heterocycles. The van der Waals surface area contributed by atoms with Crippen molar-refractivity contribution < 1.29 is 103 Å². The Balaban J connectivity index is 1.95. The molecule has 0 spiro atoms. The number of rotatable bonds is 18. The molecule has 19 atom stereocenters. The van der Waals surface area contributed by atoms with Crippen LogP contribution in [0.3, 0.4) is 0 Å². The fraction of sp³-hybridized carbons (Fsp3) is 0.844. The van der Waals surface area contributed by atoms with E-state index in [1.54, 1.807) is 0 Å². The minimum Gasteiger partial charge on any atom is -0.394 e. The Morgan fingerprint density at radius 2 is 1.02 bits per heavy atom. The first-order chi connectivity index (χ1) is 26.8. The lowest BCUT2D eigenvalue weighted by molar-refractivity contribution is -0.357. The maximum Gasteiger partial charge on any atom is 0.217 e. The van der Waals surface area contributed by atoms with E-state index in [9.17, 15) is 75.0 Å². The van der Waals surface area contributed by atoms with Crippen LogP contribution in [0.5, 0.6) is 0 Å². The Labute approximate surface area is 325 Å². The minimum absolute atomic E-state index is 0.122. The Hall–Kier alpha value is -3.09. The number of aldehydes is 1. The number of hydrogen-bond donors (Lipinski definition) is 14. The van der Waals surface area contributed by atoms with Crippen LogP contribution in [0.1, 0.15) is 27.7 Å². The highest BCUT2D eigenvalue weighted by atomic mass is 16.8. The van der Waals surface area contributed by atoms with Gasteiger partial charge in [0.05, 0.1) is 26.4 Å². The number of ether oxygens (including phenoxy) is 6. The number of amides is 4. The molecule has 3 aliphatic rings. The van der Waals surface area contributed by atoms with E-state index in [1.165, 1.54) is 0 Å². The number of carbonyl (C=O) groups excluding carboxylic acids is 5. The van der Waals surface area contributed by atoms with Crippen molar-refractivity contribution in [2.75, 3.05) is 26.4 Å². The second-order valence-electron chi connectivity index (χ2n) is 13.7. The summed E-state index contributed by atoms with van der Waals surface area (Å²) in [6, 6.07) is -6.52. The van der Waals surface area contributed by atoms with Crippen LogP contribution in [0.4, 0.5) is 0 Å². The van der Waals surface area contributed by atoms with Crippen molar-refractivity contribution in [2.24, 2.45) is 0 Å². The van der Waals surface area contributed by atoms with Gasteiger partial charge in [-0.05, 0) is 0 Å². The van der Waals surface area contributed by atoms with Gasteiger partial charge in [-0.1, -0.05) is 0 Å². The number of hydrogen-bond acceptors (Lipinski definition) is 21. The first kappa shape index (κ1) is 48.3. The van der Waals surface area contributed by atoms with Gasteiger partial charge in [0.25, 0.3) is 0 Å². The summed E-state index contributed by atoms with van der Waals surface area (Å²) in [6.45, 7) is 0.406. The normalized spacial score (nSPS) is 37.8. The Morgan fingerprint density at radius 1 is 0.614 bits per heavy atom. The van der Waals surface area contributed by atoms with Gasteiger partial charge in [-0.15, -0.1) is 0 Å². The van der Waals surface area contributed by atoms with Crippen molar-refractivity contribution >= 4 is 29.9 Å². The second kappa shape index (κ2) is 21.8. The monoisotopic (exact) mass is 830 g/mol. The third kappa shape index (κ3) is 12.0. The lowest BCUT2D eigenvalue weighted by Crippen LogP contribution is -2.71. The van der Waals surface area contributed by atoms with E-state index in [0.29, 0.717) is 0 Å². The summed E-state index contributed by atoms with van der Waals surface area (Å²) in [4.78, 5) is 59.9. The molecule has 0 aromatic rings. The van der Waals surface area contributed by atoms with Crippen LogP contribution in [-0.4, -0.2) is 224 Å². The third-order valence-corrected chi connectivity index (χ3v) is 9.36. The molecule has 14 N–H and O–H groups in total. The summed E-state index contributed by atoms with van der Waals surface area (Å²) in [7, 11) is 0.